The maximum atomic E-state index is 12.5. The number of halogens is 3. The van der Waals surface area contributed by atoms with Crippen molar-refractivity contribution >= 4 is 18.0 Å². The summed E-state index contributed by atoms with van der Waals surface area (Å²) < 4.78 is 42.1. The molecule has 0 fully saturated rings. The fraction of sp³-hybridized carbons (Fsp3) is 0.400. The van der Waals surface area contributed by atoms with Crippen molar-refractivity contribution in [3.8, 4) is 11.1 Å². The normalized spacial score (nSPS) is 13.5. The van der Waals surface area contributed by atoms with E-state index < -0.39 is 36.6 Å². The van der Waals surface area contributed by atoms with Crippen LogP contribution in [-0.4, -0.2) is 48.4 Å². The Balaban J connectivity index is 1.56. The van der Waals surface area contributed by atoms with Crippen molar-refractivity contribution in [1.82, 2.24) is 10.6 Å². The number of benzene rings is 2. The molecule has 35 heavy (non-hydrogen) atoms. The van der Waals surface area contributed by atoms with Crippen LogP contribution in [0.2, 0.25) is 0 Å². The summed E-state index contributed by atoms with van der Waals surface area (Å²) >= 11 is 0. The molecule has 0 radical (unpaired) electrons. The van der Waals surface area contributed by atoms with Gasteiger partial charge in [-0.05, 0) is 41.5 Å². The molecule has 3 N–H and O–H groups in total. The number of carboxylic acids is 1. The molecule has 0 bridgehead atoms. The Bertz CT molecular complexity index is 1010. The van der Waals surface area contributed by atoms with Gasteiger partial charge in [0.25, 0.3) is 0 Å². The quantitative estimate of drug-likeness (QED) is 0.398. The Kier molecular flexibility index (Phi) is 8.73. The van der Waals surface area contributed by atoms with Crippen LogP contribution in [0, 0.1) is 0 Å². The van der Waals surface area contributed by atoms with E-state index in [9.17, 15) is 27.6 Å². The van der Waals surface area contributed by atoms with Gasteiger partial charge in [-0.2, -0.15) is 13.2 Å². The van der Waals surface area contributed by atoms with Gasteiger partial charge in [0.2, 0.25) is 5.91 Å². The van der Waals surface area contributed by atoms with Crippen LogP contribution in [0.3, 0.4) is 0 Å². The largest absolute Gasteiger partial charge is 0.481 e. The third kappa shape index (κ3) is 7.46. The molecule has 0 saturated carbocycles. The first-order chi connectivity index (χ1) is 16.7. The van der Waals surface area contributed by atoms with E-state index >= 15 is 0 Å². The number of carbonyl (C=O) groups excluding carboxylic acids is 2. The predicted octanol–water partition coefficient (Wildman–Crippen LogP) is 4.61. The molecule has 10 heteroatoms. The first kappa shape index (κ1) is 26.1. The Hall–Kier alpha value is -3.56. The van der Waals surface area contributed by atoms with E-state index in [2.05, 4.69) is 10.6 Å². The molecule has 0 heterocycles. The highest BCUT2D eigenvalue weighted by molar-refractivity contribution is 5.86. The summed E-state index contributed by atoms with van der Waals surface area (Å²) in [5.41, 5.74) is 4.14. The average Bonchev–Trinajstić information content (AvgIpc) is 3.13. The number of unbranched alkanes of at least 4 members (excludes halogenated alkanes) is 1. The van der Waals surface area contributed by atoms with Gasteiger partial charge < -0.3 is 20.5 Å². The molecule has 2 aromatic rings. The van der Waals surface area contributed by atoms with Crippen LogP contribution in [0.4, 0.5) is 18.0 Å². The molecule has 0 aliphatic heterocycles. The lowest BCUT2D eigenvalue weighted by atomic mass is 9.98. The van der Waals surface area contributed by atoms with E-state index in [0.717, 1.165) is 22.3 Å². The maximum absolute atomic E-state index is 12.5. The zero-order chi connectivity index (χ0) is 25.4. The Labute approximate surface area is 200 Å². The van der Waals surface area contributed by atoms with Crippen LogP contribution in [0.5, 0.6) is 0 Å². The number of carbonyl (C=O) groups is 3. The Morgan fingerprint density at radius 3 is 2.14 bits per heavy atom. The van der Waals surface area contributed by atoms with E-state index in [1.165, 1.54) is 0 Å². The third-order valence-corrected chi connectivity index (χ3v) is 5.79. The number of rotatable bonds is 11. The minimum absolute atomic E-state index is 0.0184. The molecule has 1 atom stereocenters. The number of ether oxygens (including phenoxy) is 1. The molecule has 1 unspecified atom stereocenters. The van der Waals surface area contributed by atoms with Gasteiger partial charge in [0.05, 0.1) is 0 Å². The second-order valence-corrected chi connectivity index (χ2v) is 8.32. The molecule has 0 aromatic heterocycles. The highest BCUT2D eigenvalue weighted by Crippen LogP contribution is 2.44. The number of alkyl carbamates (subject to hydrolysis) is 1. The van der Waals surface area contributed by atoms with E-state index in [0.29, 0.717) is 0 Å². The molecule has 3 rings (SSSR count). The summed E-state index contributed by atoms with van der Waals surface area (Å²) in [6, 6.07) is 14.4. The lowest BCUT2D eigenvalue weighted by Crippen LogP contribution is -2.47. The summed E-state index contributed by atoms with van der Waals surface area (Å²) in [6.07, 6.45) is -6.72. The number of hydrogen-bond donors (Lipinski definition) is 3. The van der Waals surface area contributed by atoms with Crippen LogP contribution >= 0.6 is 0 Å². The second-order valence-electron chi connectivity index (χ2n) is 8.32. The van der Waals surface area contributed by atoms with Crippen molar-refractivity contribution in [3.63, 3.8) is 0 Å². The van der Waals surface area contributed by atoms with Gasteiger partial charge in [-0.25, -0.2) is 4.79 Å². The minimum Gasteiger partial charge on any atom is -0.481 e. The minimum atomic E-state index is -4.26. The lowest BCUT2D eigenvalue weighted by molar-refractivity contribution is -0.137. The van der Waals surface area contributed by atoms with Gasteiger partial charge in [-0.1, -0.05) is 48.5 Å². The highest BCUT2D eigenvalue weighted by Gasteiger charge is 2.30. The molecule has 1 aliphatic rings. The third-order valence-electron chi connectivity index (χ3n) is 5.79. The fourth-order valence-corrected chi connectivity index (χ4v) is 4.10. The predicted molar refractivity (Wildman–Crippen MR) is 122 cm³/mol. The summed E-state index contributed by atoms with van der Waals surface area (Å²) in [6.45, 7) is -0.00454. The first-order valence-corrected chi connectivity index (χ1v) is 11.3. The highest BCUT2D eigenvalue weighted by atomic mass is 19.4. The zero-order valence-electron chi connectivity index (χ0n) is 18.9. The van der Waals surface area contributed by atoms with Gasteiger partial charge in [-0.15, -0.1) is 0 Å². The fourth-order valence-electron chi connectivity index (χ4n) is 4.10. The average molecular weight is 492 g/mol. The van der Waals surface area contributed by atoms with Gasteiger partial charge in [-0.3, -0.25) is 9.59 Å². The van der Waals surface area contributed by atoms with Crippen molar-refractivity contribution in [2.75, 3.05) is 13.2 Å². The second kappa shape index (κ2) is 11.7. The van der Waals surface area contributed by atoms with E-state index in [-0.39, 0.29) is 44.8 Å². The van der Waals surface area contributed by atoms with Crippen molar-refractivity contribution in [1.29, 1.82) is 0 Å². The van der Waals surface area contributed by atoms with Crippen LogP contribution in [0.15, 0.2) is 48.5 Å². The molecular weight excluding hydrogens is 465 g/mol. The summed E-state index contributed by atoms with van der Waals surface area (Å²) in [7, 11) is 0. The number of hydrogen-bond acceptors (Lipinski definition) is 4. The number of amides is 2. The topological polar surface area (TPSA) is 105 Å². The van der Waals surface area contributed by atoms with E-state index in [1.807, 2.05) is 48.5 Å². The van der Waals surface area contributed by atoms with Crippen molar-refractivity contribution in [2.45, 2.75) is 50.2 Å². The van der Waals surface area contributed by atoms with Gasteiger partial charge in [0, 0.05) is 25.3 Å². The maximum Gasteiger partial charge on any atom is 0.407 e. The van der Waals surface area contributed by atoms with Crippen LogP contribution in [0.25, 0.3) is 11.1 Å². The molecule has 1 aliphatic carbocycles. The monoisotopic (exact) mass is 492 g/mol. The number of aliphatic carboxylic acids is 1. The van der Waals surface area contributed by atoms with Gasteiger partial charge in [0.15, 0.2) is 0 Å². The van der Waals surface area contributed by atoms with Gasteiger partial charge in [0.1, 0.15) is 12.6 Å². The number of nitrogens with one attached hydrogen (secondary N) is 2. The molecular formula is C25H27F3N2O5. The van der Waals surface area contributed by atoms with E-state index in [4.69, 9.17) is 9.84 Å². The van der Waals surface area contributed by atoms with Gasteiger partial charge >= 0.3 is 18.2 Å². The molecule has 188 valence electrons. The molecule has 2 amide bonds. The van der Waals surface area contributed by atoms with Crippen LogP contribution < -0.4 is 10.6 Å². The Morgan fingerprint density at radius 2 is 1.57 bits per heavy atom. The van der Waals surface area contributed by atoms with Crippen LogP contribution in [0.1, 0.15) is 49.1 Å². The number of alkyl halides is 3. The summed E-state index contributed by atoms with van der Waals surface area (Å²) in [4.78, 5) is 35.9. The molecule has 7 nitrogen and oxygen atoms in total. The van der Waals surface area contributed by atoms with Crippen molar-refractivity contribution in [2.24, 2.45) is 0 Å². The van der Waals surface area contributed by atoms with Crippen molar-refractivity contribution < 1.29 is 37.4 Å². The lowest BCUT2D eigenvalue weighted by Gasteiger charge is -2.19. The summed E-state index contributed by atoms with van der Waals surface area (Å²) in [5, 5.41) is 13.8. The standard InChI is InChI=1S/C25H27F3N2O5/c26-25(27,28)13-5-6-14-29-23(33)21(11-12-22(31)32)30-24(34)35-15-20-18-9-3-1-7-16(18)17-8-2-4-10-19(17)20/h1-4,7-10,20-21H,5-6,11-15H2,(H,29,33)(H,30,34)(H,31,32). The van der Waals surface area contributed by atoms with E-state index in [1.54, 1.807) is 0 Å². The molecule has 0 saturated heterocycles. The van der Waals surface area contributed by atoms with Crippen LogP contribution in [-0.2, 0) is 14.3 Å². The van der Waals surface area contributed by atoms with Crippen molar-refractivity contribution in [3.05, 3.63) is 59.7 Å². The first-order valence-electron chi connectivity index (χ1n) is 11.3. The Morgan fingerprint density at radius 1 is 0.971 bits per heavy atom. The number of fused-ring (bicyclic) bond motifs is 3. The smallest absolute Gasteiger partial charge is 0.407 e. The molecule has 0 spiro atoms. The summed E-state index contributed by atoms with van der Waals surface area (Å²) in [5.74, 6) is -2.01. The zero-order valence-corrected chi connectivity index (χ0v) is 18.9. The number of carboxylic acid groups (broad SMARTS) is 1. The SMILES string of the molecule is O=C(O)CCC(NC(=O)OCC1c2ccccc2-c2ccccc21)C(=O)NCCCCC(F)(F)F. The molecule has 2 aromatic carbocycles.